The van der Waals surface area contributed by atoms with Crippen molar-refractivity contribution in [2.75, 3.05) is 0 Å². The molecule has 2 aliphatic heterocycles. The molecule has 2 aliphatic rings. The highest BCUT2D eigenvalue weighted by Gasteiger charge is 2.37. The van der Waals surface area contributed by atoms with Gasteiger partial charge in [-0.3, -0.25) is 0 Å². The van der Waals surface area contributed by atoms with Crippen molar-refractivity contribution in [1.82, 2.24) is 0 Å². The molecule has 6 heteroatoms. The fraction of sp³-hybridized carbons (Fsp3) is 0.0769. The molecule has 0 bridgehead atoms. The van der Waals surface area contributed by atoms with Crippen LogP contribution in [0.25, 0.3) is 6.08 Å². The van der Waals surface area contributed by atoms with Gasteiger partial charge in [0.1, 0.15) is 17.3 Å². The maximum atomic E-state index is 13.1. The number of hydrogen-bond acceptors (Lipinski definition) is 2. The summed E-state index contributed by atoms with van der Waals surface area (Å²) < 4.78 is 56.3. The minimum atomic E-state index is -4.38. The lowest BCUT2D eigenvalue weighted by molar-refractivity contribution is -0.0836. The van der Waals surface area contributed by atoms with Crippen molar-refractivity contribution in [2.24, 2.45) is 0 Å². The monoisotopic (exact) mass is 286 g/mol. The molecule has 0 spiro atoms. The first-order valence-electron chi connectivity index (χ1n) is 5.30. The highest BCUT2D eigenvalue weighted by atomic mass is 32.2. The molecule has 19 heavy (non-hydrogen) atoms. The first-order chi connectivity index (χ1) is 8.93. The zero-order valence-corrected chi connectivity index (χ0v) is 10.1. The Bertz CT molecular complexity index is 641. The summed E-state index contributed by atoms with van der Waals surface area (Å²) in [6.07, 6.45) is -0.606. The summed E-state index contributed by atoms with van der Waals surface area (Å²) in [6, 6.07) is 3.92. The molecule has 0 aliphatic carbocycles. The second kappa shape index (κ2) is 4.16. The third-order valence-corrected chi connectivity index (χ3v) is 3.74. The molecular formula is C13H6F4OS. The van der Waals surface area contributed by atoms with Crippen LogP contribution in [0.15, 0.2) is 45.9 Å². The molecule has 0 fully saturated rings. The lowest BCUT2D eigenvalue weighted by atomic mass is 10.1. The van der Waals surface area contributed by atoms with Gasteiger partial charge in [0.05, 0.1) is 9.81 Å². The number of rotatable bonds is 0. The highest BCUT2D eigenvalue weighted by molar-refractivity contribution is 8.07. The van der Waals surface area contributed by atoms with Gasteiger partial charge >= 0.3 is 6.18 Å². The van der Waals surface area contributed by atoms with Gasteiger partial charge in [-0.15, -0.1) is 0 Å². The fourth-order valence-electron chi connectivity index (χ4n) is 1.75. The quantitative estimate of drug-likeness (QED) is 0.643. The number of ether oxygens (including phenoxy) is 1. The number of fused-ring (bicyclic) bond motifs is 2. The number of halogens is 4. The average molecular weight is 286 g/mol. The van der Waals surface area contributed by atoms with Gasteiger partial charge in [0.15, 0.2) is 0 Å². The molecule has 1 nitrogen and oxygen atoms in total. The molecule has 0 radical (unpaired) electrons. The van der Waals surface area contributed by atoms with Crippen LogP contribution in [0.5, 0.6) is 5.75 Å². The summed E-state index contributed by atoms with van der Waals surface area (Å²) in [7, 11) is 0. The molecule has 3 rings (SSSR count). The summed E-state index contributed by atoms with van der Waals surface area (Å²) in [4.78, 5) is -0.328. The van der Waals surface area contributed by atoms with Crippen LogP contribution >= 0.6 is 11.8 Å². The van der Waals surface area contributed by atoms with E-state index in [9.17, 15) is 17.6 Å². The Kier molecular flexibility index (Phi) is 2.70. The molecule has 0 atom stereocenters. The van der Waals surface area contributed by atoms with E-state index < -0.39 is 16.9 Å². The molecule has 2 heterocycles. The number of alkyl halides is 3. The molecule has 0 aromatic heterocycles. The van der Waals surface area contributed by atoms with E-state index in [0.29, 0.717) is 33.7 Å². The maximum absolute atomic E-state index is 13.1. The van der Waals surface area contributed by atoms with Crippen molar-refractivity contribution >= 4 is 17.8 Å². The first-order valence-corrected chi connectivity index (χ1v) is 6.11. The molecule has 0 amide bonds. The van der Waals surface area contributed by atoms with Crippen LogP contribution in [0.1, 0.15) is 5.56 Å². The van der Waals surface area contributed by atoms with Gasteiger partial charge in [-0.25, -0.2) is 4.39 Å². The highest BCUT2D eigenvalue weighted by Crippen LogP contribution is 2.47. The van der Waals surface area contributed by atoms with Gasteiger partial charge in [0.25, 0.3) is 0 Å². The van der Waals surface area contributed by atoms with Crippen molar-refractivity contribution in [2.45, 2.75) is 6.18 Å². The molecular weight excluding hydrogens is 280 g/mol. The van der Waals surface area contributed by atoms with Crippen LogP contribution in [-0.4, -0.2) is 6.18 Å². The Morgan fingerprint density at radius 3 is 2.63 bits per heavy atom. The van der Waals surface area contributed by atoms with Crippen molar-refractivity contribution in [3.63, 3.8) is 0 Å². The summed E-state index contributed by atoms with van der Waals surface area (Å²) in [5.74, 6) is 0.154. The summed E-state index contributed by atoms with van der Waals surface area (Å²) in [6.45, 7) is 0. The van der Waals surface area contributed by atoms with Gasteiger partial charge in [-0.05, 0) is 30.4 Å². The fourth-order valence-corrected chi connectivity index (χ4v) is 2.63. The van der Waals surface area contributed by atoms with E-state index in [-0.39, 0.29) is 0 Å². The lowest BCUT2D eigenvalue weighted by Gasteiger charge is -2.24. The van der Waals surface area contributed by atoms with Crippen LogP contribution in [0.4, 0.5) is 17.6 Å². The van der Waals surface area contributed by atoms with Gasteiger partial charge in [-0.1, -0.05) is 11.8 Å². The first kappa shape index (κ1) is 12.3. The molecule has 0 saturated heterocycles. The zero-order chi connectivity index (χ0) is 13.6. The molecule has 0 saturated carbocycles. The largest absolute Gasteiger partial charge is 0.455 e. The number of benzene rings is 1. The Morgan fingerprint density at radius 1 is 1.11 bits per heavy atom. The number of hydrogen-bond donors (Lipinski definition) is 0. The third-order valence-electron chi connectivity index (χ3n) is 2.61. The van der Waals surface area contributed by atoms with Crippen LogP contribution in [0.2, 0.25) is 0 Å². The Hall–Kier alpha value is -1.69. The van der Waals surface area contributed by atoms with E-state index in [1.807, 2.05) is 0 Å². The van der Waals surface area contributed by atoms with Crippen LogP contribution < -0.4 is 4.74 Å². The molecule has 1 aromatic rings. The standard InChI is InChI=1S/C13H6F4OS/c14-8-2-1-7-5-11-9(18-10(7)6-8)3-4-12(19-11)13(15,16)17/h1-6H. The number of allylic oxidation sites excluding steroid dienone is 3. The van der Waals surface area contributed by atoms with Gasteiger partial charge in [-0.2, -0.15) is 13.2 Å². The van der Waals surface area contributed by atoms with Crippen molar-refractivity contribution in [3.05, 3.63) is 57.3 Å². The van der Waals surface area contributed by atoms with Gasteiger partial charge in [0.2, 0.25) is 0 Å². The predicted molar refractivity (Wildman–Crippen MR) is 64.8 cm³/mol. The van der Waals surface area contributed by atoms with Crippen LogP contribution in [0.3, 0.4) is 0 Å². The SMILES string of the molecule is Fc1ccc2c(c1)OC1=CC=C(C(F)(F)F)SC1=C2. The Morgan fingerprint density at radius 2 is 1.89 bits per heavy atom. The van der Waals surface area contributed by atoms with Gasteiger partial charge in [0, 0.05) is 11.6 Å². The van der Waals surface area contributed by atoms with Crippen LogP contribution in [0, 0.1) is 5.82 Å². The maximum Gasteiger partial charge on any atom is 0.422 e. The second-order valence-corrected chi connectivity index (χ2v) is 5.04. The Labute approximate surface area is 110 Å². The minimum absolute atomic E-state index is 0.302. The van der Waals surface area contributed by atoms with E-state index in [1.165, 1.54) is 24.3 Å². The smallest absolute Gasteiger partial charge is 0.422 e. The van der Waals surface area contributed by atoms with Gasteiger partial charge < -0.3 is 4.74 Å². The summed E-state index contributed by atoms with van der Waals surface area (Å²) in [5.41, 5.74) is 0.560. The topological polar surface area (TPSA) is 9.23 Å². The molecule has 98 valence electrons. The third kappa shape index (κ3) is 2.28. The van der Waals surface area contributed by atoms with E-state index in [0.717, 1.165) is 6.08 Å². The van der Waals surface area contributed by atoms with E-state index in [4.69, 9.17) is 4.74 Å². The minimum Gasteiger partial charge on any atom is -0.455 e. The Balaban J connectivity index is 2.01. The average Bonchev–Trinajstić information content (AvgIpc) is 2.34. The van der Waals surface area contributed by atoms with E-state index in [1.54, 1.807) is 6.08 Å². The van der Waals surface area contributed by atoms with E-state index >= 15 is 0 Å². The number of thioether (sulfide) groups is 1. The summed E-state index contributed by atoms with van der Waals surface area (Å²) in [5, 5.41) is 0. The predicted octanol–water partition coefficient (Wildman–Crippen LogP) is 4.64. The lowest BCUT2D eigenvalue weighted by Crippen LogP contribution is -2.14. The molecule has 0 unspecified atom stereocenters. The molecule has 0 N–H and O–H groups in total. The van der Waals surface area contributed by atoms with Crippen molar-refractivity contribution in [3.8, 4) is 5.75 Å². The molecule has 1 aromatic carbocycles. The van der Waals surface area contributed by atoms with Crippen molar-refractivity contribution < 1.29 is 22.3 Å². The second-order valence-electron chi connectivity index (χ2n) is 3.95. The van der Waals surface area contributed by atoms with Crippen molar-refractivity contribution in [1.29, 1.82) is 0 Å². The summed E-state index contributed by atoms with van der Waals surface area (Å²) >= 11 is 0.600. The van der Waals surface area contributed by atoms with Crippen LogP contribution in [-0.2, 0) is 0 Å². The zero-order valence-electron chi connectivity index (χ0n) is 9.29. The normalized spacial score (nSPS) is 17.6. The van der Waals surface area contributed by atoms with E-state index in [2.05, 4.69) is 0 Å².